The fourth-order valence-electron chi connectivity index (χ4n) is 2.74. The summed E-state index contributed by atoms with van der Waals surface area (Å²) in [5.74, 6) is 1.52. The van der Waals surface area contributed by atoms with Crippen LogP contribution in [-0.2, 0) is 16.3 Å². The normalized spacial score (nSPS) is 21.1. The molecule has 2 N–H and O–H groups in total. The van der Waals surface area contributed by atoms with Crippen molar-refractivity contribution in [3.63, 3.8) is 0 Å². The van der Waals surface area contributed by atoms with Crippen LogP contribution in [0.2, 0.25) is 0 Å². The Hall–Kier alpha value is -0.350. The lowest BCUT2D eigenvalue weighted by Crippen LogP contribution is -2.43. The third-order valence-electron chi connectivity index (χ3n) is 3.87. The van der Waals surface area contributed by atoms with E-state index in [4.69, 9.17) is 0 Å². The van der Waals surface area contributed by atoms with Gasteiger partial charge in [-0.05, 0) is 45.2 Å². The van der Waals surface area contributed by atoms with Crippen LogP contribution >= 0.6 is 35.3 Å². The molecule has 138 valence electrons. The standard InChI is InChI=1S/C16H27N3O2S2.HI/c1-4-17-16(18-10-14-7-8-23(20,21)11-14)19-12(2)9-15-6-5-13(3)22-15;/h5-6,12,14H,4,7-11H2,1-3H3,(H2,17,18,19);1H. The van der Waals surface area contributed by atoms with Crippen LogP contribution in [-0.4, -0.2) is 45.0 Å². The van der Waals surface area contributed by atoms with Crippen molar-refractivity contribution >= 4 is 51.1 Å². The van der Waals surface area contributed by atoms with E-state index in [1.165, 1.54) is 9.75 Å². The summed E-state index contributed by atoms with van der Waals surface area (Å²) in [6.45, 7) is 7.65. The van der Waals surface area contributed by atoms with Crippen LogP contribution in [0.3, 0.4) is 0 Å². The van der Waals surface area contributed by atoms with E-state index in [-0.39, 0.29) is 41.7 Å². The first-order chi connectivity index (χ1) is 10.9. The van der Waals surface area contributed by atoms with Crippen molar-refractivity contribution in [2.45, 2.75) is 39.7 Å². The third kappa shape index (κ3) is 7.26. The molecular formula is C16H28IN3O2S2. The molecule has 1 aromatic heterocycles. The Balaban J connectivity index is 0.00000288. The van der Waals surface area contributed by atoms with Gasteiger partial charge in [-0.1, -0.05) is 0 Å². The minimum absolute atomic E-state index is 0. The number of hydrogen-bond acceptors (Lipinski definition) is 4. The molecule has 1 aliphatic heterocycles. The van der Waals surface area contributed by atoms with E-state index in [0.29, 0.717) is 12.3 Å². The second kappa shape index (κ2) is 9.96. The van der Waals surface area contributed by atoms with Gasteiger partial charge in [0.2, 0.25) is 0 Å². The van der Waals surface area contributed by atoms with Crippen LogP contribution in [0.5, 0.6) is 0 Å². The molecule has 2 rings (SSSR count). The molecule has 0 amide bonds. The van der Waals surface area contributed by atoms with E-state index in [9.17, 15) is 8.42 Å². The van der Waals surface area contributed by atoms with Crippen molar-refractivity contribution in [2.75, 3.05) is 24.6 Å². The van der Waals surface area contributed by atoms with Gasteiger partial charge in [0, 0.05) is 35.3 Å². The third-order valence-corrected chi connectivity index (χ3v) is 6.73. The molecule has 0 bridgehead atoms. The number of sulfone groups is 1. The minimum Gasteiger partial charge on any atom is -0.357 e. The monoisotopic (exact) mass is 485 g/mol. The van der Waals surface area contributed by atoms with E-state index in [0.717, 1.165) is 25.3 Å². The topological polar surface area (TPSA) is 70.6 Å². The summed E-state index contributed by atoms with van der Waals surface area (Å²) < 4.78 is 23.0. The number of halogens is 1. The molecule has 24 heavy (non-hydrogen) atoms. The first kappa shape index (κ1) is 21.7. The number of aryl methyl sites for hydroxylation is 1. The van der Waals surface area contributed by atoms with E-state index in [2.05, 4.69) is 41.6 Å². The van der Waals surface area contributed by atoms with Gasteiger partial charge in [-0.15, -0.1) is 35.3 Å². The average Bonchev–Trinajstić information content (AvgIpc) is 3.02. The second-order valence-corrected chi connectivity index (χ2v) is 9.85. The summed E-state index contributed by atoms with van der Waals surface area (Å²) in [6.07, 6.45) is 1.69. The highest BCUT2D eigenvalue weighted by Crippen LogP contribution is 2.19. The lowest BCUT2D eigenvalue weighted by molar-refractivity contribution is 0.586. The van der Waals surface area contributed by atoms with Crippen LogP contribution in [0.25, 0.3) is 0 Å². The molecule has 0 aliphatic carbocycles. The quantitative estimate of drug-likeness (QED) is 0.369. The molecule has 8 heteroatoms. The van der Waals surface area contributed by atoms with Crippen molar-refractivity contribution in [1.29, 1.82) is 0 Å². The van der Waals surface area contributed by atoms with E-state index in [1.807, 2.05) is 18.3 Å². The Kier molecular flexibility index (Phi) is 9.00. The van der Waals surface area contributed by atoms with Crippen molar-refractivity contribution in [2.24, 2.45) is 10.9 Å². The lowest BCUT2D eigenvalue weighted by atomic mass is 10.1. The smallest absolute Gasteiger partial charge is 0.191 e. The Morgan fingerprint density at radius 3 is 2.75 bits per heavy atom. The van der Waals surface area contributed by atoms with E-state index >= 15 is 0 Å². The maximum atomic E-state index is 11.5. The van der Waals surface area contributed by atoms with Gasteiger partial charge >= 0.3 is 0 Å². The maximum absolute atomic E-state index is 11.5. The molecule has 0 spiro atoms. The largest absolute Gasteiger partial charge is 0.357 e. The molecule has 0 aromatic carbocycles. The Morgan fingerprint density at radius 1 is 1.46 bits per heavy atom. The molecule has 2 heterocycles. The zero-order chi connectivity index (χ0) is 16.9. The minimum atomic E-state index is -2.83. The predicted octanol–water partition coefficient (Wildman–Crippen LogP) is 2.60. The average molecular weight is 485 g/mol. The zero-order valence-corrected chi connectivity index (χ0v) is 18.5. The number of rotatable bonds is 6. The number of guanidine groups is 1. The van der Waals surface area contributed by atoms with Gasteiger partial charge in [0.15, 0.2) is 15.8 Å². The maximum Gasteiger partial charge on any atom is 0.191 e. The summed E-state index contributed by atoms with van der Waals surface area (Å²) in [4.78, 5) is 7.27. The fourth-order valence-corrected chi connectivity index (χ4v) is 5.61. The van der Waals surface area contributed by atoms with Crippen LogP contribution < -0.4 is 10.6 Å². The first-order valence-electron chi connectivity index (χ1n) is 8.18. The number of aliphatic imine (C=N–C) groups is 1. The molecule has 1 aliphatic rings. The van der Waals surface area contributed by atoms with Gasteiger partial charge in [-0.25, -0.2) is 8.42 Å². The fraction of sp³-hybridized carbons (Fsp3) is 0.688. The highest BCUT2D eigenvalue weighted by atomic mass is 127. The Morgan fingerprint density at radius 2 is 2.21 bits per heavy atom. The van der Waals surface area contributed by atoms with Gasteiger partial charge < -0.3 is 10.6 Å². The van der Waals surface area contributed by atoms with Crippen molar-refractivity contribution in [1.82, 2.24) is 10.6 Å². The summed E-state index contributed by atoms with van der Waals surface area (Å²) in [6, 6.07) is 4.59. The number of thiophene rings is 1. The zero-order valence-electron chi connectivity index (χ0n) is 14.5. The summed E-state index contributed by atoms with van der Waals surface area (Å²) >= 11 is 1.82. The van der Waals surface area contributed by atoms with Crippen LogP contribution in [0, 0.1) is 12.8 Å². The van der Waals surface area contributed by atoms with Gasteiger partial charge in [0.25, 0.3) is 0 Å². The highest BCUT2D eigenvalue weighted by Gasteiger charge is 2.27. The molecule has 0 saturated carbocycles. The van der Waals surface area contributed by atoms with Crippen molar-refractivity contribution in [3.05, 3.63) is 21.9 Å². The Labute approximate surface area is 166 Å². The van der Waals surface area contributed by atoms with Crippen molar-refractivity contribution in [3.8, 4) is 0 Å². The Bertz CT molecular complexity index is 644. The molecule has 2 atom stereocenters. The van der Waals surface area contributed by atoms with Crippen molar-refractivity contribution < 1.29 is 8.42 Å². The van der Waals surface area contributed by atoms with E-state index < -0.39 is 9.84 Å². The molecule has 1 aromatic rings. The predicted molar refractivity (Wildman–Crippen MR) is 114 cm³/mol. The summed E-state index contributed by atoms with van der Waals surface area (Å²) in [5.41, 5.74) is 0. The molecule has 1 fully saturated rings. The van der Waals surface area contributed by atoms with Gasteiger partial charge in [0.05, 0.1) is 11.5 Å². The van der Waals surface area contributed by atoms with Crippen LogP contribution in [0.4, 0.5) is 0 Å². The number of nitrogens with zero attached hydrogens (tertiary/aromatic N) is 1. The number of hydrogen-bond donors (Lipinski definition) is 2. The molecule has 5 nitrogen and oxygen atoms in total. The summed E-state index contributed by atoms with van der Waals surface area (Å²) in [7, 11) is -2.83. The van der Waals surface area contributed by atoms with Crippen LogP contribution in [0.15, 0.2) is 17.1 Å². The SMILES string of the molecule is CCNC(=NCC1CCS(=O)(=O)C1)NC(C)Cc1ccc(C)s1.I. The van der Waals surface area contributed by atoms with Gasteiger partial charge in [-0.3, -0.25) is 4.99 Å². The van der Waals surface area contributed by atoms with Crippen LogP contribution in [0.1, 0.15) is 30.0 Å². The molecule has 0 radical (unpaired) electrons. The van der Waals surface area contributed by atoms with Gasteiger partial charge in [-0.2, -0.15) is 0 Å². The second-order valence-electron chi connectivity index (χ2n) is 6.25. The molecular weight excluding hydrogens is 457 g/mol. The lowest BCUT2D eigenvalue weighted by Gasteiger charge is -2.18. The molecule has 1 saturated heterocycles. The summed E-state index contributed by atoms with van der Waals surface area (Å²) in [5, 5.41) is 6.66. The highest BCUT2D eigenvalue weighted by molar-refractivity contribution is 14.0. The molecule has 2 unspecified atom stereocenters. The first-order valence-corrected chi connectivity index (χ1v) is 10.8. The van der Waals surface area contributed by atoms with E-state index in [1.54, 1.807) is 0 Å². The van der Waals surface area contributed by atoms with Gasteiger partial charge in [0.1, 0.15) is 0 Å². The number of nitrogens with one attached hydrogen (secondary N) is 2.